The van der Waals surface area contributed by atoms with Gasteiger partial charge in [0.25, 0.3) is 0 Å². The zero-order chi connectivity index (χ0) is 10.4. The van der Waals surface area contributed by atoms with Gasteiger partial charge in [-0.2, -0.15) is 0 Å². The van der Waals surface area contributed by atoms with Crippen LogP contribution < -0.4 is 0 Å². The second-order valence-corrected chi connectivity index (χ2v) is 3.49. The first-order valence-electron chi connectivity index (χ1n) is 4.94. The molecule has 0 spiro atoms. The molecule has 2 unspecified atom stereocenters. The molecule has 1 fully saturated rings. The van der Waals surface area contributed by atoms with E-state index in [1.807, 2.05) is 0 Å². The predicted octanol–water partition coefficient (Wildman–Crippen LogP) is 0.183. The van der Waals surface area contributed by atoms with Crippen molar-refractivity contribution in [1.29, 1.82) is 0 Å². The Morgan fingerprint density at radius 3 is 2.07 bits per heavy atom. The summed E-state index contributed by atoms with van der Waals surface area (Å²) >= 11 is 0. The Bertz CT molecular complexity index is 136. The summed E-state index contributed by atoms with van der Waals surface area (Å²) in [6.07, 6.45) is 0. The van der Waals surface area contributed by atoms with E-state index in [1.165, 1.54) is 0 Å². The molecule has 1 aliphatic rings. The molecular formula is C10H20NO3. The van der Waals surface area contributed by atoms with Crippen LogP contribution in [0.2, 0.25) is 0 Å². The molecule has 0 saturated carbocycles. The molecule has 0 aromatic heterocycles. The van der Waals surface area contributed by atoms with Gasteiger partial charge in [0.05, 0.1) is 38.5 Å². The lowest BCUT2D eigenvalue weighted by molar-refractivity contribution is -0.0832. The van der Waals surface area contributed by atoms with E-state index >= 15 is 0 Å². The van der Waals surface area contributed by atoms with E-state index < -0.39 is 0 Å². The third-order valence-electron chi connectivity index (χ3n) is 2.53. The van der Waals surface area contributed by atoms with Gasteiger partial charge in [-0.1, -0.05) is 0 Å². The molecule has 0 bridgehead atoms. The highest BCUT2D eigenvalue weighted by Crippen LogP contribution is 2.13. The summed E-state index contributed by atoms with van der Waals surface area (Å²) in [5, 5.41) is 0. The van der Waals surface area contributed by atoms with Gasteiger partial charge in [0.1, 0.15) is 0 Å². The molecule has 0 aliphatic carbocycles. The van der Waals surface area contributed by atoms with Gasteiger partial charge in [0, 0.05) is 14.2 Å². The summed E-state index contributed by atoms with van der Waals surface area (Å²) < 4.78 is 15.8. The number of morpholine rings is 1. The molecule has 2 atom stereocenters. The first kappa shape index (κ1) is 11.9. The van der Waals surface area contributed by atoms with Crippen LogP contribution in [-0.4, -0.2) is 64.2 Å². The minimum Gasteiger partial charge on any atom is -0.383 e. The molecule has 0 aromatic carbocycles. The Kier molecular flexibility index (Phi) is 5.40. The molecular weight excluding hydrogens is 182 g/mol. The van der Waals surface area contributed by atoms with Gasteiger partial charge in [-0.15, -0.1) is 0 Å². The van der Waals surface area contributed by atoms with E-state index in [0.29, 0.717) is 25.3 Å². The molecule has 1 rings (SSSR count). The largest absolute Gasteiger partial charge is 0.383 e. The van der Waals surface area contributed by atoms with Crippen LogP contribution in [0.25, 0.3) is 0 Å². The summed E-state index contributed by atoms with van der Waals surface area (Å²) in [5.41, 5.74) is 0. The number of rotatable bonds is 5. The lowest BCUT2D eigenvalue weighted by Gasteiger charge is -2.40. The Morgan fingerprint density at radius 1 is 1.21 bits per heavy atom. The van der Waals surface area contributed by atoms with Crippen molar-refractivity contribution in [3.8, 4) is 0 Å². The van der Waals surface area contributed by atoms with Gasteiger partial charge in [0.15, 0.2) is 0 Å². The summed E-state index contributed by atoms with van der Waals surface area (Å²) in [4.78, 5) is 2.29. The molecule has 4 nitrogen and oxygen atoms in total. The maximum Gasteiger partial charge on any atom is 0.0645 e. The van der Waals surface area contributed by atoms with Crippen molar-refractivity contribution in [2.45, 2.75) is 12.1 Å². The number of methoxy groups -OCH3 is 2. The Balaban J connectivity index is 2.50. The molecule has 1 saturated heterocycles. The van der Waals surface area contributed by atoms with Crippen LogP contribution in [0.4, 0.5) is 0 Å². The molecule has 1 heterocycles. The third-order valence-corrected chi connectivity index (χ3v) is 2.53. The van der Waals surface area contributed by atoms with E-state index in [-0.39, 0.29) is 0 Å². The summed E-state index contributed by atoms with van der Waals surface area (Å²) in [7, 11) is 3.42. The van der Waals surface area contributed by atoms with Crippen molar-refractivity contribution >= 4 is 0 Å². The molecule has 0 N–H and O–H groups in total. The topological polar surface area (TPSA) is 30.9 Å². The fourth-order valence-electron chi connectivity index (χ4n) is 1.87. The van der Waals surface area contributed by atoms with E-state index in [0.717, 1.165) is 19.8 Å². The third kappa shape index (κ3) is 2.92. The van der Waals surface area contributed by atoms with Crippen molar-refractivity contribution in [3.63, 3.8) is 0 Å². The van der Waals surface area contributed by atoms with Crippen LogP contribution in [0.1, 0.15) is 0 Å². The number of ether oxygens (including phenoxy) is 3. The minimum atomic E-state index is 0.311. The van der Waals surface area contributed by atoms with Crippen LogP contribution in [0, 0.1) is 6.92 Å². The number of nitrogens with zero attached hydrogens (tertiary/aromatic N) is 1. The molecule has 83 valence electrons. The quantitative estimate of drug-likeness (QED) is 0.636. The van der Waals surface area contributed by atoms with Crippen LogP contribution in [0.5, 0.6) is 0 Å². The van der Waals surface area contributed by atoms with Gasteiger partial charge < -0.3 is 14.2 Å². The van der Waals surface area contributed by atoms with Gasteiger partial charge in [0.2, 0.25) is 0 Å². The smallest absolute Gasteiger partial charge is 0.0645 e. The van der Waals surface area contributed by atoms with E-state index in [1.54, 1.807) is 14.2 Å². The van der Waals surface area contributed by atoms with Crippen LogP contribution in [0.15, 0.2) is 0 Å². The minimum absolute atomic E-state index is 0.311. The average molecular weight is 202 g/mol. The normalized spacial score (nSPS) is 29.4. The van der Waals surface area contributed by atoms with Crippen molar-refractivity contribution < 1.29 is 14.2 Å². The highest BCUT2D eigenvalue weighted by atomic mass is 16.5. The fourth-order valence-corrected chi connectivity index (χ4v) is 1.87. The zero-order valence-corrected chi connectivity index (χ0v) is 9.07. The average Bonchev–Trinajstić information content (AvgIpc) is 2.19. The van der Waals surface area contributed by atoms with Crippen molar-refractivity contribution in [3.05, 3.63) is 6.92 Å². The maximum absolute atomic E-state index is 5.50. The standard InChI is InChI=1S/C10H20NO3/c1-4-11-9(5-12-2)7-14-8-10(11)6-13-3/h9-10H,1,4-8H2,2-3H3. The highest BCUT2D eigenvalue weighted by Gasteiger charge is 2.29. The Morgan fingerprint density at radius 2 is 1.71 bits per heavy atom. The second-order valence-electron chi connectivity index (χ2n) is 3.49. The molecule has 0 amide bonds. The fraction of sp³-hybridized carbons (Fsp3) is 0.900. The van der Waals surface area contributed by atoms with Crippen LogP contribution in [0.3, 0.4) is 0 Å². The summed E-state index contributed by atoms with van der Waals surface area (Å²) in [6, 6.07) is 0.623. The van der Waals surface area contributed by atoms with E-state index in [2.05, 4.69) is 11.8 Å². The lowest BCUT2D eigenvalue weighted by Crippen LogP contribution is -2.55. The van der Waals surface area contributed by atoms with E-state index in [4.69, 9.17) is 14.2 Å². The Hall–Kier alpha value is -0.160. The molecule has 14 heavy (non-hydrogen) atoms. The van der Waals surface area contributed by atoms with Crippen molar-refractivity contribution in [2.24, 2.45) is 0 Å². The number of hydrogen-bond donors (Lipinski definition) is 0. The Labute approximate surface area is 86.1 Å². The number of hydrogen-bond acceptors (Lipinski definition) is 4. The first-order chi connectivity index (χ1) is 6.83. The maximum atomic E-state index is 5.50. The first-order valence-corrected chi connectivity index (χ1v) is 4.94. The summed E-state index contributed by atoms with van der Waals surface area (Å²) in [5.74, 6) is 0. The monoisotopic (exact) mass is 202 g/mol. The lowest BCUT2D eigenvalue weighted by atomic mass is 10.1. The molecule has 0 aromatic rings. The summed E-state index contributed by atoms with van der Waals surface area (Å²) in [6.45, 7) is 7.53. The van der Waals surface area contributed by atoms with Crippen molar-refractivity contribution in [2.75, 3.05) is 47.2 Å². The van der Waals surface area contributed by atoms with Gasteiger partial charge in [-0.3, -0.25) is 4.90 Å². The van der Waals surface area contributed by atoms with Gasteiger partial charge >= 0.3 is 0 Å². The van der Waals surface area contributed by atoms with Crippen LogP contribution >= 0.6 is 0 Å². The highest BCUT2D eigenvalue weighted by molar-refractivity contribution is 4.83. The van der Waals surface area contributed by atoms with E-state index in [9.17, 15) is 0 Å². The molecule has 1 radical (unpaired) electrons. The van der Waals surface area contributed by atoms with Gasteiger partial charge in [-0.05, 0) is 13.5 Å². The molecule has 1 aliphatic heterocycles. The van der Waals surface area contributed by atoms with Crippen molar-refractivity contribution in [1.82, 2.24) is 4.90 Å². The zero-order valence-electron chi connectivity index (χ0n) is 9.07. The molecule has 4 heteroatoms. The van der Waals surface area contributed by atoms with Gasteiger partial charge in [-0.25, -0.2) is 0 Å². The predicted molar refractivity (Wildman–Crippen MR) is 54.2 cm³/mol. The van der Waals surface area contributed by atoms with Crippen LogP contribution in [-0.2, 0) is 14.2 Å². The second kappa shape index (κ2) is 6.35. The SMILES string of the molecule is [CH2]CN1C(COC)COCC1COC.